The highest BCUT2D eigenvalue weighted by atomic mass is 19.1. The minimum absolute atomic E-state index is 0.0996. The number of primary amides is 1. The van der Waals surface area contributed by atoms with E-state index in [-0.39, 0.29) is 17.8 Å². The molecule has 2 aromatic heterocycles. The second kappa shape index (κ2) is 11.4. The molecule has 8 heteroatoms. The summed E-state index contributed by atoms with van der Waals surface area (Å²) in [5.41, 5.74) is 8.16. The Balaban J connectivity index is 1.20. The number of piperidine rings is 1. The number of nitrogens with one attached hydrogen (secondary N) is 1. The molecule has 0 atom stereocenters. The average molecular weight is 472 g/mol. The number of nitrogens with two attached hydrogens (primary N) is 1. The summed E-state index contributed by atoms with van der Waals surface area (Å²) in [6, 6.07) is 13.2. The first kappa shape index (κ1) is 24.0. The molecule has 0 saturated carbocycles. The van der Waals surface area contributed by atoms with Gasteiger partial charge in [-0.2, -0.15) is 0 Å². The van der Waals surface area contributed by atoms with E-state index in [2.05, 4.69) is 32.0 Å². The smallest absolute Gasteiger partial charge is 0.253 e. The van der Waals surface area contributed by atoms with Gasteiger partial charge >= 0.3 is 0 Å². The molecule has 2 amide bonds. The van der Waals surface area contributed by atoms with Crippen molar-refractivity contribution in [2.24, 2.45) is 5.73 Å². The Morgan fingerprint density at radius 2 is 1.80 bits per heavy atom. The zero-order valence-corrected chi connectivity index (χ0v) is 19.2. The van der Waals surface area contributed by atoms with Crippen LogP contribution in [0.3, 0.4) is 0 Å². The lowest BCUT2D eigenvalue weighted by Gasteiger charge is -2.31. The predicted octanol–water partition coefficient (Wildman–Crippen LogP) is 2.82. The Hall–Kier alpha value is -4.09. The minimum atomic E-state index is -0.495. The molecule has 178 valence electrons. The molecule has 1 aliphatic heterocycles. The summed E-state index contributed by atoms with van der Waals surface area (Å²) in [7, 11) is 0. The van der Waals surface area contributed by atoms with Crippen LogP contribution in [0.2, 0.25) is 0 Å². The molecule has 35 heavy (non-hydrogen) atoms. The predicted molar refractivity (Wildman–Crippen MR) is 131 cm³/mol. The Morgan fingerprint density at radius 1 is 1.03 bits per heavy atom. The van der Waals surface area contributed by atoms with E-state index in [1.54, 1.807) is 36.4 Å². The topological polar surface area (TPSA) is 101 Å². The van der Waals surface area contributed by atoms with Gasteiger partial charge in [0.05, 0.1) is 35.5 Å². The summed E-state index contributed by atoms with van der Waals surface area (Å²) in [5, 5.41) is 3.08. The zero-order valence-electron chi connectivity index (χ0n) is 19.2. The van der Waals surface area contributed by atoms with Crippen molar-refractivity contribution in [3.05, 3.63) is 83.6 Å². The fourth-order valence-electron chi connectivity index (χ4n) is 3.85. The van der Waals surface area contributed by atoms with E-state index >= 15 is 0 Å². The molecule has 0 radical (unpaired) electrons. The van der Waals surface area contributed by atoms with Gasteiger partial charge in [-0.25, -0.2) is 4.39 Å². The zero-order chi connectivity index (χ0) is 24.6. The number of likely N-dealkylation sites (tertiary alicyclic amines) is 1. The largest absolute Gasteiger partial charge is 0.366 e. The molecule has 3 heterocycles. The number of benzene rings is 1. The fourth-order valence-corrected chi connectivity index (χ4v) is 3.85. The lowest BCUT2D eigenvalue weighted by atomic mass is 10.0. The van der Waals surface area contributed by atoms with E-state index in [0.717, 1.165) is 31.6 Å². The van der Waals surface area contributed by atoms with Crippen LogP contribution in [-0.4, -0.2) is 52.4 Å². The fraction of sp³-hybridized carbons (Fsp3) is 0.259. The van der Waals surface area contributed by atoms with Crippen LogP contribution >= 0.6 is 0 Å². The van der Waals surface area contributed by atoms with Gasteiger partial charge in [0.25, 0.3) is 5.91 Å². The molecular formula is C27H26FN5O2. The van der Waals surface area contributed by atoms with Crippen molar-refractivity contribution in [2.45, 2.75) is 25.3 Å². The van der Waals surface area contributed by atoms with Gasteiger partial charge in [0, 0.05) is 37.1 Å². The van der Waals surface area contributed by atoms with E-state index < -0.39 is 5.91 Å². The van der Waals surface area contributed by atoms with Gasteiger partial charge in [0.15, 0.2) is 0 Å². The summed E-state index contributed by atoms with van der Waals surface area (Å²) in [4.78, 5) is 34.5. The first-order valence-electron chi connectivity index (χ1n) is 11.4. The monoisotopic (exact) mass is 471 g/mol. The normalized spacial score (nSPS) is 14.1. The van der Waals surface area contributed by atoms with Crippen molar-refractivity contribution in [1.82, 2.24) is 20.2 Å². The van der Waals surface area contributed by atoms with E-state index in [9.17, 15) is 14.0 Å². The number of rotatable bonds is 6. The molecule has 7 nitrogen and oxygen atoms in total. The van der Waals surface area contributed by atoms with Crippen molar-refractivity contribution in [2.75, 3.05) is 19.6 Å². The first-order chi connectivity index (χ1) is 17.0. The number of aromatic nitrogens is 2. The highest BCUT2D eigenvalue weighted by Crippen LogP contribution is 2.18. The van der Waals surface area contributed by atoms with E-state index in [0.29, 0.717) is 35.3 Å². The first-order valence-corrected chi connectivity index (χ1v) is 11.4. The third-order valence-electron chi connectivity index (χ3n) is 5.88. The number of hydrogen-bond donors (Lipinski definition) is 2. The van der Waals surface area contributed by atoms with Crippen LogP contribution in [0.1, 0.15) is 39.3 Å². The summed E-state index contributed by atoms with van der Waals surface area (Å²) in [6.07, 6.45) is 5.19. The molecule has 0 bridgehead atoms. The Bertz CT molecular complexity index is 1240. The minimum Gasteiger partial charge on any atom is -0.366 e. The molecule has 1 aromatic carbocycles. The molecule has 1 aliphatic rings. The summed E-state index contributed by atoms with van der Waals surface area (Å²) >= 11 is 0. The van der Waals surface area contributed by atoms with E-state index in [1.807, 2.05) is 0 Å². The Morgan fingerprint density at radius 3 is 2.46 bits per heavy atom. The van der Waals surface area contributed by atoms with Gasteiger partial charge in [-0.05, 0) is 49.2 Å². The van der Waals surface area contributed by atoms with Crippen molar-refractivity contribution in [3.8, 4) is 23.1 Å². The van der Waals surface area contributed by atoms with E-state index in [1.165, 1.54) is 24.5 Å². The van der Waals surface area contributed by atoms with Crippen molar-refractivity contribution >= 4 is 11.8 Å². The van der Waals surface area contributed by atoms with Crippen LogP contribution in [0.4, 0.5) is 4.39 Å². The summed E-state index contributed by atoms with van der Waals surface area (Å²) < 4.78 is 13.4. The molecule has 0 spiro atoms. The van der Waals surface area contributed by atoms with Crippen LogP contribution in [-0.2, 0) is 6.42 Å². The highest BCUT2D eigenvalue weighted by molar-refractivity contribution is 5.94. The van der Waals surface area contributed by atoms with Crippen LogP contribution < -0.4 is 11.1 Å². The maximum atomic E-state index is 13.4. The van der Waals surface area contributed by atoms with Crippen molar-refractivity contribution in [3.63, 3.8) is 0 Å². The molecule has 4 rings (SSSR count). The van der Waals surface area contributed by atoms with Crippen LogP contribution in [0.15, 0.2) is 60.9 Å². The van der Waals surface area contributed by atoms with Crippen molar-refractivity contribution < 1.29 is 14.0 Å². The summed E-state index contributed by atoms with van der Waals surface area (Å²) in [5.74, 6) is 5.31. The molecule has 0 aliphatic carbocycles. The number of hydrogen-bond acceptors (Lipinski definition) is 5. The second-order valence-corrected chi connectivity index (χ2v) is 8.40. The molecule has 3 N–H and O–H groups in total. The van der Waals surface area contributed by atoms with Gasteiger partial charge in [-0.15, -0.1) is 0 Å². The quantitative estimate of drug-likeness (QED) is 0.539. The molecular weight excluding hydrogens is 445 g/mol. The average Bonchev–Trinajstić information content (AvgIpc) is 2.88. The van der Waals surface area contributed by atoms with Crippen LogP contribution in [0.5, 0.6) is 0 Å². The number of nitrogens with zero attached hydrogens (tertiary/aromatic N) is 3. The van der Waals surface area contributed by atoms with Gasteiger partial charge in [0.2, 0.25) is 5.91 Å². The maximum absolute atomic E-state index is 13.4. The second-order valence-electron chi connectivity index (χ2n) is 8.40. The van der Waals surface area contributed by atoms with Gasteiger partial charge < -0.3 is 11.1 Å². The van der Waals surface area contributed by atoms with Crippen LogP contribution in [0.25, 0.3) is 11.3 Å². The van der Waals surface area contributed by atoms with Gasteiger partial charge in [0.1, 0.15) is 5.82 Å². The number of pyridine rings is 2. The number of carbonyl (C=O) groups excluding carboxylic acids is 2. The van der Waals surface area contributed by atoms with E-state index in [4.69, 9.17) is 5.73 Å². The molecule has 1 saturated heterocycles. The third-order valence-corrected chi connectivity index (χ3v) is 5.88. The number of halogens is 1. The lowest BCUT2D eigenvalue weighted by Crippen LogP contribution is -2.44. The summed E-state index contributed by atoms with van der Waals surface area (Å²) in [6.45, 7) is 2.36. The Kier molecular flexibility index (Phi) is 7.81. The molecule has 3 aromatic rings. The maximum Gasteiger partial charge on any atom is 0.253 e. The standard InChI is InChI=1S/C27H26FN5O2/c28-22-5-3-4-19(16-22)25-10-8-21(18-31-25)27(35)32-24-11-14-33(15-12-24)13-2-1-6-23-9-7-20(17-30-23)26(29)34/h3-5,7-10,16-18,24H,6,11-15H2,(H2,29,34)(H,32,35). The van der Waals surface area contributed by atoms with Gasteiger partial charge in [-0.3, -0.25) is 24.5 Å². The SMILES string of the molecule is NC(=O)c1ccc(CC#CCN2CCC(NC(=O)c3ccc(-c4cccc(F)c4)nc3)CC2)nc1. The van der Waals surface area contributed by atoms with Gasteiger partial charge in [-0.1, -0.05) is 24.0 Å². The third kappa shape index (κ3) is 6.71. The number of carbonyl (C=O) groups is 2. The lowest BCUT2D eigenvalue weighted by molar-refractivity contribution is 0.0913. The molecule has 1 fully saturated rings. The van der Waals surface area contributed by atoms with Crippen LogP contribution in [0, 0.1) is 17.7 Å². The molecule has 0 unspecified atom stereocenters. The number of amides is 2. The highest BCUT2D eigenvalue weighted by Gasteiger charge is 2.20. The Labute approximate surface area is 203 Å². The van der Waals surface area contributed by atoms with Crippen molar-refractivity contribution in [1.29, 1.82) is 0 Å².